The van der Waals surface area contributed by atoms with E-state index < -0.39 is 8.07 Å². The Labute approximate surface area is 405 Å². The van der Waals surface area contributed by atoms with Gasteiger partial charge in [-0.25, -0.2) is 0 Å². The van der Waals surface area contributed by atoms with Gasteiger partial charge in [-0.3, -0.25) is 0 Å². The van der Waals surface area contributed by atoms with Crippen LogP contribution in [0, 0.1) is 0 Å². The Balaban J connectivity index is 0.980. The molecule has 0 spiro atoms. The van der Waals surface area contributed by atoms with Gasteiger partial charge in [0.2, 0.25) is 0 Å². The molecule has 0 radical (unpaired) electrons. The molecule has 2 nitrogen and oxygen atoms in total. The van der Waals surface area contributed by atoms with Gasteiger partial charge in [0, 0.05) is 33.4 Å². The lowest BCUT2D eigenvalue weighted by Crippen LogP contribution is -2.74. The third-order valence-electron chi connectivity index (χ3n) is 13.8. The van der Waals surface area contributed by atoms with Crippen molar-refractivity contribution in [3.63, 3.8) is 0 Å². The van der Waals surface area contributed by atoms with E-state index in [4.69, 9.17) is 0 Å². The van der Waals surface area contributed by atoms with Gasteiger partial charge in [0.1, 0.15) is 0 Å². The van der Waals surface area contributed by atoms with E-state index in [1.165, 1.54) is 70.4 Å². The minimum atomic E-state index is -2.64. The summed E-state index contributed by atoms with van der Waals surface area (Å²) in [7, 11) is -2.64. The normalized spacial score (nSPS) is 11.5. The third-order valence-corrected chi connectivity index (χ3v) is 18.6. The van der Waals surface area contributed by atoms with Crippen LogP contribution in [0.1, 0.15) is 0 Å². The fraction of sp³-hybridized carbons (Fsp3) is 0. The van der Waals surface area contributed by atoms with Crippen molar-refractivity contribution in [3.8, 4) is 39.1 Å². The molecule has 0 fully saturated rings. The Kier molecular flexibility index (Phi) is 11.0. The van der Waals surface area contributed by atoms with E-state index >= 15 is 0 Å². The number of aromatic nitrogens is 1. The summed E-state index contributed by atoms with van der Waals surface area (Å²) in [5, 5.41) is 7.93. The highest BCUT2D eigenvalue weighted by Crippen LogP contribution is 2.45. The molecule has 11 aromatic carbocycles. The lowest BCUT2D eigenvalue weighted by Gasteiger charge is -2.34. The molecule has 326 valence electrons. The van der Waals surface area contributed by atoms with Crippen LogP contribution in [0.2, 0.25) is 0 Å². The van der Waals surface area contributed by atoms with Gasteiger partial charge in [-0.05, 0) is 103 Å². The highest BCUT2D eigenvalue weighted by atomic mass is 28.3. The molecule has 0 bridgehead atoms. The topological polar surface area (TPSA) is 8.17 Å². The summed E-state index contributed by atoms with van der Waals surface area (Å²) in [6.45, 7) is 0. The van der Waals surface area contributed by atoms with Gasteiger partial charge in [-0.15, -0.1) is 0 Å². The van der Waals surface area contributed by atoms with E-state index in [0.29, 0.717) is 0 Å². The molecule has 0 N–H and O–H groups in total. The summed E-state index contributed by atoms with van der Waals surface area (Å²) < 4.78 is 2.40. The Bertz CT molecular complexity index is 3570. The van der Waals surface area contributed by atoms with E-state index in [-0.39, 0.29) is 0 Å². The van der Waals surface area contributed by atoms with Crippen molar-refractivity contribution in [2.24, 2.45) is 0 Å². The molecule has 0 aliphatic rings. The Morgan fingerprint density at radius 3 is 1.22 bits per heavy atom. The molecule has 0 aliphatic carbocycles. The molecule has 0 aliphatic heterocycles. The molecule has 1 heterocycles. The van der Waals surface area contributed by atoms with Crippen LogP contribution in [0.5, 0.6) is 0 Å². The zero-order valence-corrected chi connectivity index (χ0v) is 39.1. The average Bonchev–Trinajstić information content (AvgIpc) is 3.78. The Morgan fingerprint density at radius 2 is 0.667 bits per heavy atom. The number of nitrogens with zero attached hydrogens (tertiary/aromatic N) is 2. The Hall–Kier alpha value is -8.76. The molecule has 69 heavy (non-hydrogen) atoms. The molecule has 0 amide bonds. The van der Waals surface area contributed by atoms with Gasteiger partial charge in [0.05, 0.1) is 16.7 Å². The molecular formula is C66H48N2Si. The van der Waals surface area contributed by atoms with Crippen LogP contribution in [0.25, 0.3) is 60.9 Å². The van der Waals surface area contributed by atoms with Crippen molar-refractivity contribution in [1.82, 2.24) is 4.57 Å². The minimum absolute atomic E-state index is 1.08. The van der Waals surface area contributed by atoms with Crippen LogP contribution in [-0.2, 0) is 0 Å². The molecule has 0 atom stereocenters. The first kappa shape index (κ1) is 41.7. The second-order valence-electron chi connectivity index (χ2n) is 17.6. The van der Waals surface area contributed by atoms with Gasteiger partial charge < -0.3 is 9.47 Å². The van der Waals surface area contributed by atoms with Crippen molar-refractivity contribution < 1.29 is 0 Å². The first-order valence-electron chi connectivity index (χ1n) is 23.8. The number of hydrogen-bond donors (Lipinski definition) is 0. The maximum absolute atomic E-state index is 2.64. The predicted octanol–water partition coefficient (Wildman–Crippen LogP) is 14.6. The van der Waals surface area contributed by atoms with E-state index in [9.17, 15) is 0 Å². The number of benzene rings is 11. The summed E-state index contributed by atoms with van der Waals surface area (Å²) in [4.78, 5) is 2.42. The van der Waals surface area contributed by atoms with E-state index in [2.05, 4.69) is 301 Å². The van der Waals surface area contributed by atoms with E-state index in [1.807, 2.05) is 0 Å². The predicted molar refractivity (Wildman–Crippen MR) is 295 cm³/mol. The minimum Gasteiger partial charge on any atom is -0.310 e. The first-order chi connectivity index (χ1) is 34.3. The van der Waals surface area contributed by atoms with Crippen LogP contribution < -0.4 is 25.6 Å². The summed E-state index contributed by atoms with van der Waals surface area (Å²) in [6, 6.07) is 107. The van der Waals surface area contributed by atoms with Crippen molar-refractivity contribution in [2.75, 3.05) is 4.90 Å². The van der Waals surface area contributed by atoms with Gasteiger partial charge in [0.25, 0.3) is 0 Å². The molecule has 1 aromatic heterocycles. The van der Waals surface area contributed by atoms with Gasteiger partial charge in [0.15, 0.2) is 8.07 Å². The van der Waals surface area contributed by atoms with Gasteiger partial charge >= 0.3 is 0 Å². The number of rotatable bonds is 11. The fourth-order valence-corrected chi connectivity index (χ4v) is 15.4. The zero-order valence-electron chi connectivity index (χ0n) is 38.1. The lowest BCUT2D eigenvalue weighted by atomic mass is 9.96. The number of para-hydroxylation sites is 3. The van der Waals surface area contributed by atoms with Crippen molar-refractivity contribution >= 4 is 67.7 Å². The third kappa shape index (κ3) is 7.46. The van der Waals surface area contributed by atoms with Crippen LogP contribution in [0.15, 0.2) is 291 Å². The maximum Gasteiger partial charge on any atom is 0.179 e. The monoisotopic (exact) mass is 896 g/mol. The smallest absolute Gasteiger partial charge is 0.179 e. The lowest BCUT2D eigenvalue weighted by molar-refractivity contribution is 1.18. The van der Waals surface area contributed by atoms with E-state index in [1.54, 1.807) is 0 Å². The molecule has 12 rings (SSSR count). The quantitative estimate of drug-likeness (QED) is 0.0928. The molecule has 0 unspecified atom stereocenters. The first-order valence-corrected chi connectivity index (χ1v) is 25.8. The van der Waals surface area contributed by atoms with Crippen molar-refractivity contribution in [2.45, 2.75) is 0 Å². The van der Waals surface area contributed by atoms with Crippen molar-refractivity contribution in [1.29, 1.82) is 0 Å². The molecule has 0 saturated heterocycles. The number of anilines is 3. The van der Waals surface area contributed by atoms with Gasteiger partial charge in [-0.1, -0.05) is 237 Å². The molecule has 12 aromatic rings. The second-order valence-corrected chi connectivity index (χ2v) is 21.4. The van der Waals surface area contributed by atoms with Crippen LogP contribution in [-0.4, -0.2) is 12.6 Å². The van der Waals surface area contributed by atoms with Crippen LogP contribution >= 0.6 is 0 Å². The summed E-state index contributed by atoms with van der Waals surface area (Å²) >= 11 is 0. The van der Waals surface area contributed by atoms with Crippen LogP contribution in [0.3, 0.4) is 0 Å². The Morgan fingerprint density at radius 1 is 0.275 bits per heavy atom. The maximum atomic E-state index is 2.42. The van der Waals surface area contributed by atoms with Crippen LogP contribution in [0.4, 0.5) is 17.1 Å². The highest BCUT2D eigenvalue weighted by Gasteiger charge is 2.41. The molecule has 3 heteroatoms. The second kappa shape index (κ2) is 18.1. The summed E-state index contributed by atoms with van der Waals surface area (Å²) in [5.41, 5.74) is 13.9. The largest absolute Gasteiger partial charge is 0.310 e. The standard InChI is InChI=1S/C66H48N2Si/c1-6-21-49(22-7-1)50-37-43-54(44-38-50)67(63-34-18-16-31-60(63)61-33-20-36-65-66(61)62-32-17-19-35-64(62)68(65)53-23-8-2-9-24-53)55-45-39-51(40-46-55)52-41-47-59(48-42-52)69(56-25-10-3-11-26-56,57-27-12-4-13-28-57)58-29-14-5-15-30-58/h1-48H. The number of fused-ring (bicyclic) bond motifs is 3. The zero-order chi connectivity index (χ0) is 46.0. The summed E-state index contributed by atoms with van der Waals surface area (Å²) in [5.74, 6) is 0. The molecule has 0 saturated carbocycles. The average molecular weight is 897 g/mol. The molecular weight excluding hydrogens is 849 g/mol. The SMILES string of the molecule is c1ccc(-c2ccc(N(c3ccc(-c4ccc([Si](c5ccccc5)(c5ccccc5)c5ccccc5)cc4)cc3)c3ccccc3-c3cccc4c3c3ccccc3n4-c3ccccc3)cc2)cc1. The fourth-order valence-electron chi connectivity index (χ4n) is 10.6. The summed E-state index contributed by atoms with van der Waals surface area (Å²) in [6.07, 6.45) is 0. The number of hydrogen-bond acceptors (Lipinski definition) is 1. The highest BCUT2D eigenvalue weighted by molar-refractivity contribution is 7.19. The van der Waals surface area contributed by atoms with E-state index in [0.717, 1.165) is 28.3 Å². The van der Waals surface area contributed by atoms with Crippen molar-refractivity contribution in [3.05, 3.63) is 291 Å². The van der Waals surface area contributed by atoms with Gasteiger partial charge in [-0.2, -0.15) is 0 Å².